The summed E-state index contributed by atoms with van der Waals surface area (Å²) in [6.45, 7) is 4.24. The molecule has 2 amide bonds. The number of morpholine rings is 1. The summed E-state index contributed by atoms with van der Waals surface area (Å²) in [6.07, 6.45) is 3.56. The Kier molecular flexibility index (Phi) is 5.71. The fourth-order valence-corrected chi connectivity index (χ4v) is 3.70. The molecule has 0 bridgehead atoms. The summed E-state index contributed by atoms with van der Waals surface area (Å²) >= 11 is 0. The Labute approximate surface area is 148 Å². The summed E-state index contributed by atoms with van der Waals surface area (Å²) in [5.41, 5.74) is 8.21. The Balaban J connectivity index is 1.67. The van der Waals surface area contributed by atoms with E-state index in [9.17, 15) is 9.59 Å². The first-order chi connectivity index (χ1) is 12.1. The zero-order valence-corrected chi connectivity index (χ0v) is 14.8. The summed E-state index contributed by atoms with van der Waals surface area (Å²) in [7, 11) is 0. The monoisotopic (exact) mass is 345 g/mol. The molecular weight excluding hydrogens is 318 g/mol. The van der Waals surface area contributed by atoms with Crippen LogP contribution in [0.2, 0.25) is 0 Å². The van der Waals surface area contributed by atoms with Gasteiger partial charge >= 0.3 is 0 Å². The predicted molar refractivity (Wildman–Crippen MR) is 96.5 cm³/mol. The lowest BCUT2D eigenvalue weighted by Gasteiger charge is -2.27. The minimum Gasteiger partial charge on any atom is -0.378 e. The van der Waals surface area contributed by atoms with E-state index in [2.05, 4.69) is 5.32 Å². The van der Waals surface area contributed by atoms with Gasteiger partial charge in [0, 0.05) is 36.8 Å². The maximum atomic E-state index is 12.7. The maximum Gasteiger partial charge on any atom is 0.254 e. The van der Waals surface area contributed by atoms with Gasteiger partial charge in [-0.3, -0.25) is 9.59 Å². The number of hydrogen-bond donors (Lipinski definition) is 2. The number of rotatable bonds is 4. The van der Waals surface area contributed by atoms with Gasteiger partial charge in [0.2, 0.25) is 5.91 Å². The van der Waals surface area contributed by atoms with Crippen LogP contribution in [0, 0.1) is 12.8 Å². The molecule has 3 N–H and O–H groups in total. The molecule has 0 unspecified atom stereocenters. The van der Waals surface area contributed by atoms with Crippen LogP contribution in [0.25, 0.3) is 0 Å². The largest absolute Gasteiger partial charge is 0.378 e. The fourth-order valence-electron chi connectivity index (χ4n) is 3.70. The van der Waals surface area contributed by atoms with Crippen molar-refractivity contribution >= 4 is 17.5 Å². The van der Waals surface area contributed by atoms with E-state index in [0.29, 0.717) is 44.0 Å². The maximum absolute atomic E-state index is 12.7. The molecule has 3 rings (SSSR count). The first-order valence-corrected chi connectivity index (χ1v) is 9.08. The Bertz CT molecular complexity index is 641. The first kappa shape index (κ1) is 17.9. The summed E-state index contributed by atoms with van der Waals surface area (Å²) in [5.74, 6) is 0.231. The van der Waals surface area contributed by atoms with E-state index in [0.717, 1.165) is 24.8 Å². The highest BCUT2D eigenvalue weighted by Crippen LogP contribution is 2.28. The number of carbonyl (C=O) groups excluding carboxylic acids is 2. The van der Waals surface area contributed by atoms with Gasteiger partial charge < -0.3 is 20.7 Å². The van der Waals surface area contributed by atoms with Crippen molar-refractivity contribution in [2.75, 3.05) is 31.6 Å². The third kappa shape index (κ3) is 4.19. The van der Waals surface area contributed by atoms with Gasteiger partial charge in [-0.25, -0.2) is 0 Å². The minimum absolute atomic E-state index is 0.00489. The summed E-state index contributed by atoms with van der Waals surface area (Å²) < 4.78 is 5.30. The van der Waals surface area contributed by atoms with Gasteiger partial charge in [-0.2, -0.15) is 0 Å². The lowest BCUT2D eigenvalue weighted by Crippen LogP contribution is -2.41. The van der Waals surface area contributed by atoms with Crippen molar-refractivity contribution < 1.29 is 14.3 Å². The highest BCUT2D eigenvalue weighted by atomic mass is 16.5. The van der Waals surface area contributed by atoms with Crippen molar-refractivity contribution in [2.45, 2.75) is 38.6 Å². The molecular formula is C19H27N3O3. The van der Waals surface area contributed by atoms with E-state index in [1.165, 1.54) is 0 Å². The second-order valence-electron chi connectivity index (χ2n) is 6.99. The van der Waals surface area contributed by atoms with Crippen LogP contribution in [0.5, 0.6) is 0 Å². The highest BCUT2D eigenvalue weighted by molar-refractivity contribution is 5.99. The summed E-state index contributed by atoms with van der Waals surface area (Å²) in [6, 6.07) is 5.60. The first-order valence-electron chi connectivity index (χ1n) is 9.08. The number of nitrogens with two attached hydrogens (primary N) is 1. The quantitative estimate of drug-likeness (QED) is 0.873. The predicted octanol–water partition coefficient (Wildman–Crippen LogP) is 1.92. The van der Waals surface area contributed by atoms with Crippen LogP contribution in [0.4, 0.5) is 5.69 Å². The number of benzene rings is 1. The molecule has 1 saturated carbocycles. The third-order valence-corrected chi connectivity index (χ3v) is 5.30. The van der Waals surface area contributed by atoms with E-state index >= 15 is 0 Å². The normalized spacial score (nSPS) is 23.5. The molecule has 1 saturated heterocycles. The van der Waals surface area contributed by atoms with Crippen molar-refractivity contribution in [3.8, 4) is 0 Å². The van der Waals surface area contributed by atoms with E-state index in [4.69, 9.17) is 10.5 Å². The molecule has 1 aromatic rings. The lowest BCUT2D eigenvalue weighted by atomic mass is 9.99. The molecule has 1 aromatic carbocycles. The summed E-state index contributed by atoms with van der Waals surface area (Å²) in [5, 5.41) is 2.97. The van der Waals surface area contributed by atoms with Crippen LogP contribution >= 0.6 is 0 Å². The smallest absolute Gasteiger partial charge is 0.254 e. The third-order valence-electron chi connectivity index (χ3n) is 5.30. The van der Waals surface area contributed by atoms with Gasteiger partial charge in [-0.1, -0.05) is 12.5 Å². The average Bonchev–Trinajstić information content (AvgIpc) is 3.01. The number of amides is 2. The molecule has 6 nitrogen and oxygen atoms in total. The topological polar surface area (TPSA) is 84.7 Å². The van der Waals surface area contributed by atoms with Gasteiger partial charge in [0.25, 0.3) is 5.91 Å². The Hall–Kier alpha value is -1.92. The zero-order chi connectivity index (χ0) is 17.8. The number of anilines is 1. The van der Waals surface area contributed by atoms with E-state index in [1.54, 1.807) is 4.90 Å². The molecule has 1 aliphatic carbocycles. The number of ether oxygens (including phenoxy) is 1. The lowest BCUT2D eigenvalue weighted by molar-refractivity contribution is -0.117. The average molecular weight is 345 g/mol. The molecule has 0 spiro atoms. The molecule has 0 radical (unpaired) electrons. The number of carbonyl (C=O) groups is 2. The molecule has 0 aromatic heterocycles. The van der Waals surface area contributed by atoms with Crippen molar-refractivity contribution in [3.63, 3.8) is 0 Å². The van der Waals surface area contributed by atoms with E-state index in [-0.39, 0.29) is 23.8 Å². The van der Waals surface area contributed by atoms with Crippen LogP contribution in [0.15, 0.2) is 18.2 Å². The molecule has 1 aliphatic heterocycles. The molecule has 6 heteroatoms. The number of nitrogens with zero attached hydrogens (tertiary/aromatic N) is 1. The van der Waals surface area contributed by atoms with Crippen molar-refractivity contribution in [1.29, 1.82) is 0 Å². The van der Waals surface area contributed by atoms with Gasteiger partial charge in [-0.15, -0.1) is 0 Å². The van der Waals surface area contributed by atoms with Crippen LogP contribution in [0.1, 0.15) is 41.6 Å². The van der Waals surface area contributed by atoms with Crippen molar-refractivity contribution in [1.82, 2.24) is 4.90 Å². The molecule has 136 valence electrons. The van der Waals surface area contributed by atoms with E-state index < -0.39 is 0 Å². The zero-order valence-electron chi connectivity index (χ0n) is 14.8. The summed E-state index contributed by atoms with van der Waals surface area (Å²) in [4.78, 5) is 26.9. The Morgan fingerprint density at radius 1 is 1.28 bits per heavy atom. The molecule has 2 aliphatic rings. The molecule has 2 fully saturated rings. The SMILES string of the molecule is Cc1c(NC(=O)C[C@@H]2CCC[C@H]2N)cccc1C(=O)N1CCOCC1. The second-order valence-corrected chi connectivity index (χ2v) is 6.99. The van der Waals surface area contributed by atoms with Gasteiger partial charge in [-0.05, 0) is 43.4 Å². The number of nitrogens with one attached hydrogen (secondary N) is 1. The van der Waals surface area contributed by atoms with Crippen molar-refractivity contribution in [3.05, 3.63) is 29.3 Å². The van der Waals surface area contributed by atoms with Crippen molar-refractivity contribution in [2.24, 2.45) is 11.7 Å². The van der Waals surface area contributed by atoms with Gasteiger partial charge in [0.05, 0.1) is 13.2 Å². The van der Waals surface area contributed by atoms with E-state index in [1.807, 2.05) is 25.1 Å². The minimum atomic E-state index is -0.0265. The van der Waals surface area contributed by atoms with Gasteiger partial charge in [0.1, 0.15) is 0 Å². The van der Waals surface area contributed by atoms with Crippen LogP contribution in [-0.4, -0.2) is 49.1 Å². The molecule has 25 heavy (non-hydrogen) atoms. The second kappa shape index (κ2) is 7.97. The Morgan fingerprint density at radius 3 is 2.72 bits per heavy atom. The van der Waals surface area contributed by atoms with Gasteiger partial charge in [0.15, 0.2) is 0 Å². The Morgan fingerprint density at radius 2 is 2.04 bits per heavy atom. The number of hydrogen-bond acceptors (Lipinski definition) is 4. The highest BCUT2D eigenvalue weighted by Gasteiger charge is 2.26. The van der Waals surface area contributed by atoms with Crippen LogP contribution < -0.4 is 11.1 Å². The van der Waals surface area contributed by atoms with Crippen LogP contribution in [0.3, 0.4) is 0 Å². The molecule has 1 heterocycles. The van der Waals surface area contributed by atoms with Crippen LogP contribution in [-0.2, 0) is 9.53 Å². The fraction of sp³-hybridized carbons (Fsp3) is 0.579. The standard InChI is InChI=1S/C19H27N3O3/c1-13-15(19(24)22-8-10-25-11-9-22)5-3-7-17(13)21-18(23)12-14-4-2-6-16(14)20/h3,5,7,14,16H,2,4,6,8-12,20H2,1H3,(H,21,23)/t14-,16+/m0/s1. The molecule has 2 atom stereocenters.